The molecule has 10 heteroatoms. The van der Waals surface area contributed by atoms with Gasteiger partial charge in [0.1, 0.15) is 4.90 Å². The van der Waals surface area contributed by atoms with Crippen LogP contribution in [0.3, 0.4) is 0 Å². The molecule has 0 spiro atoms. The van der Waals surface area contributed by atoms with Crippen molar-refractivity contribution >= 4 is 38.9 Å². The number of aromatic nitrogens is 1. The van der Waals surface area contributed by atoms with Gasteiger partial charge in [0.15, 0.2) is 5.82 Å². The van der Waals surface area contributed by atoms with Gasteiger partial charge in [-0.3, -0.25) is 4.79 Å². The zero-order valence-corrected chi connectivity index (χ0v) is 15.9. The van der Waals surface area contributed by atoms with Crippen LogP contribution < -0.4 is 11.3 Å². The molecule has 6 nitrogen and oxygen atoms in total. The lowest BCUT2D eigenvalue weighted by Gasteiger charge is -2.32. The number of nitrogens with two attached hydrogens (primary N) is 1. The molecule has 2 N–H and O–H groups in total. The third kappa shape index (κ3) is 3.46. The molecule has 1 saturated heterocycles. The van der Waals surface area contributed by atoms with E-state index < -0.39 is 21.4 Å². The Morgan fingerprint density at radius 1 is 1.19 bits per heavy atom. The van der Waals surface area contributed by atoms with Crippen LogP contribution in [0.4, 0.5) is 10.1 Å². The van der Waals surface area contributed by atoms with E-state index in [1.165, 1.54) is 27.1 Å². The maximum absolute atomic E-state index is 13.7. The number of hydrogen-bond acceptors (Lipinski definition) is 4. The lowest BCUT2D eigenvalue weighted by molar-refractivity contribution is 0.268. The second-order valence-electron chi connectivity index (χ2n) is 6.01. The van der Waals surface area contributed by atoms with Gasteiger partial charge in [0.2, 0.25) is 10.0 Å². The van der Waals surface area contributed by atoms with Crippen LogP contribution in [0.25, 0.3) is 0 Å². The number of nitrogen functional groups attached to an aromatic ring is 1. The van der Waals surface area contributed by atoms with Crippen LogP contribution in [0.1, 0.15) is 18.9 Å². The number of nitrogens with zero attached hydrogens (tertiary/aromatic N) is 2. The van der Waals surface area contributed by atoms with E-state index in [1.54, 1.807) is 0 Å². The molecule has 1 aromatic heterocycles. The van der Waals surface area contributed by atoms with Crippen LogP contribution in [0.15, 0.2) is 40.2 Å². The Morgan fingerprint density at radius 2 is 1.85 bits per heavy atom. The molecule has 0 bridgehead atoms. The van der Waals surface area contributed by atoms with Crippen molar-refractivity contribution in [2.45, 2.75) is 23.8 Å². The summed E-state index contributed by atoms with van der Waals surface area (Å²) in [6, 6.07) is 5.15. The molecule has 0 amide bonds. The molecule has 2 heterocycles. The van der Waals surface area contributed by atoms with Crippen molar-refractivity contribution in [1.82, 2.24) is 8.87 Å². The van der Waals surface area contributed by atoms with Gasteiger partial charge in [-0.1, -0.05) is 29.3 Å². The fourth-order valence-electron chi connectivity index (χ4n) is 3.01. The third-order valence-electron chi connectivity index (χ3n) is 4.41. The van der Waals surface area contributed by atoms with Crippen LogP contribution in [0.5, 0.6) is 0 Å². The van der Waals surface area contributed by atoms with Gasteiger partial charge in [-0.05, 0) is 25.0 Å². The zero-order valence-electron chi connectivity index (χ0n) is 13.5. The fraction of sp³-hybridized carbons (Fsp3) is 0.312. The van der Waals surface area contributed by atoms with E-state index in [-0.39, 0.29) is 39.8 Å². The van der Waals surface area contributed by atoms with E-state index in [1.807, 2.05) is 0 Å². The molecular weight excluding hydrogens is 404 g/mol. The summed E-state index contributed by atoms with van der Waals surface area (Å²) < 4.78 is 41.8. The fourth-order valence-corrected chi connectivity index (χ4v) is 5.21. The molecule has 0 aliphatic carbocycles. The highest BCUT2D eigenvalue weighted by Gasteiger charge is 2.32. The topological polar surface area (TPSA) is 85.4 Å². The van der Waals surface area contributed by atoms with Crippen LogP contribution in [-0.4, -0.2) is 30.4 Å². The highest BCUT2D eigenvalue weighted by atomic mass is 35.5. The van der Waals surface area contributed by atoms with E-state index in [2.05, 4.69) is 0 Å². The predicted molar refractivity (Wildman–Crippen MR) is 98.6 cm³/mol. The minimum atomic E-state index is -3.81. The number of hydrogen-bond donors (Lipinski definition) is 1. The van der Waals surface area contributed by atoms with Crippen LogP contribution in [0.2, 0.25) is 10.0 Å². The molecule has 1 aliphatic heterocycles. The zero-order chi connectivity index (χ0) is 19.1. The van der Waals surface area contributed by atoms with Gasteiger partial charge >= 0.3 is 0 Å². The average molecular weight is 420 g/mol. The lowest BCUT2D eigenvalue weighted by atomic mass is 10.1. The summed E-state index contributed by atoms with van der Waals surface area (Å²) in [5.41, 5.74) is 4.77. The van der Waals surface area contributed by atoms with Gasteiger partial charge in [0.25, 0.3) is 5.56 Å². The molecule has 140 valence electrons. The molecule has 0 atom stereocenters. The van der Waals surface area contributed by atoms with E-state index in [9.17, 15) is 17.6 Å². The monoisotopic (exact) mass is 419 g/mol. The number of anilines is 1. The molecule has 1 aliphatic rings. The Balaban J connectivity index is 1.81. The number of rotatable bonds is 3. The van der Waals surface area contributed by atoms with Crippen molar-refractivity contribution in [2.24, 2.45) is 0 Å². The molecule has 1 aromatic carbocycles. The summed E-state index contributed by atoms with van der Waals surface area (Å²) in [4.78, 5) is 12.0. The number of piperidine rings is 1. The third-order valence-corrected chi connectivity index (χ3v) is 7.28. The van der Waals surface area contributed by atoms with Crippen molar-refractivity contribution in [3.05, 3.63) is 56.7 Å². The van der Waals surface area contributed by atoms with E-state index in [0.717, 1.165) is 12.3 Å². The van der Waals surface area contributed by atoms with E-state index in [4.69, 9.17) is 28.9 Å². The first-order valence-corrected chi connectivity index (χ1v) is 10.0. The molecule has 26 heavy (non-hydrogen) atoms. The lowest BCUT2D eigenvalue weighted by Crippen LogP contribution is -2.40. The van der Waals surface area contributed by atoms with Crippen LogP contribution in [0, 0.1) is 5.82 Å². The standard InChI is InChI=1S/C16H16Cl2FN3O3S/c17-11-2-1-3-14(16(11)18)26(24,25)21-6-4-10(5-7-21)22-9-12(19)13(20)8-15(22)23/h1-3,8-10H,4-7,20H2. The van der Waals surface area contributed by atoms with Gasteiger partial charge in [-0.15, -0.1) is 0 Å². The second kappa shape index (κ2) is 7.19. The van der Waals surface area contributed by atoms with Crippen molar-refractivity contribution in [3.8, 4) is 0 Å². The van der Waals surface area contributed by atoms with Crippen molar-refractivity contribution in [3.63, 3.8) is 0 Å². The molecule has 2 aromatic rings. The van der Waals surface area contributed by atoms with E-state index in [0.29, 0.717) is 12.8 Å². The quantitative estimate of drug-likeness (QED) is 0.828. The summed E-state index contributed by atoms with van der Waals surface area (Å²) in [7, 11) is -3.81. The largest absolute Gasteiger partial charge is 0.396 e. The van der Waals surface area contributed by atoms with Crippen molar-refractivity contribution < 1.29 is 12.8 Å². The maximum Gasteiger partial charge on any atom is 0.253 e. The van der Waals surface area contributed by atoms with Gasteiger partial charge in [-0.25, -0.2) is 12.8 Å². The van der Waals surface area contributed by atoms with Gasteiger partial charge in [0, 0.05) is 31.4 Å². The maximum atomic E-state index is 13.7. The first-order chi connectivity index (χ1) is 12.2. The Labute approximate surface area is 160 Å². The molecule has 0 saturated carbocycles. The van der Waals surface area contributed by atoms with Crippen molar-refractivity contribution in [2.75, 3.05) is 18.8 Å². The summed E-state index contributed by atoms with van der Waals surface area (Å²) >= 11 is 11.9. The molecule has 1 fully saturated rings. The van der Waals surface area contributed by atoms with Crippen LogP contribution in [-0.2, 0) is 10.0 Å². The highest BCUT2D eigenvalue weighted by Crippen LogP contribution is 2.33. The Morgan fingerprint density at radius 3 is 2.50 bits per heavy atom. The average Bonchev–Trinajstić information content (AvgIpc) is 2.60. The number of pyridine rings is 1. The van der Waals surface area contributed by atoms with Gasteiger partial charge in [-0.2, -0.15) is 4.31 Å². The first-order valence-electron chi connectivity index (χ1n) is 7.83. The first kappa shape index (κ1) is 19.2. The molecular formula is C16H16Cl2FN3O3S. The number of benzene rings is 1. The predicted octanol–water partition coefficient (Wildman–Crippen LogP) is 2.90. The molecule has 3 rings (SSSR count). The van der Waals surface area contributed by atoms with Gasteiger partial charge in [0.05, 0.1) is 15.7 Å². The van der Waals surface area contributed by atoms with Crippen molar-refractivity contribution in [1.29, 1.82) is 0 Å². The number of sulfonamides is 1. The minimum absolute atomic E-state index is 0.0203. The minimum Gasteiger partial charge on any atom is -0.396 e. The summed E-state index contributed by atoms with van der Waals surface area (Å²) in [6.07, 6.45) is 1.79. The summed E-state index contributed by atoms with van der Waals surface area (Å²) in [5, 5.41) is 0.139. The Hall–Kier alpha value is -1.61. The SMILES string of the molecule is Nc1cc(=O)n(C2CCN(S(=O)(=O)c3cccc(Cl)c3Cl)CC2)cc1F. The summed E-state index contributed by atoms with van der Waals surface area (Å²) in [6.45, 7) is 0.350. The molecule has 0 radical (unpaired) electrons. The normalized spacial score (nSPS) is 16.7. The molecule has 0 unspecified atom stereocenters. The van der Waals surface area contributed by atoms with Gasteiger partial charge < -0.3 is 10.3 Å². The van der Waals surface area contributed by atoms with E-state index >= 15 is 0 Å². The highest BCUT2D eigenvalue weighted by molar-refractivity contribution is 7.89. The smallest absolute Gasteiger partial charge is 0.253 e. The summed E-state index contributed by atoms with van der Waals surface area (Å²) in [5.74, 6) is -0.676. The second-order valence-corrected chi connectivity index (χ2v) is 8.70. The Bertz CT molecular complexity index is 1000. The Kier molecular flexibility index (Phi) is 5.30. The van der Waals surface area contributed by atoms with Crippen LogP contribution >= 0.6 is 23.2 Å². The number of halogens is 3.